The minimum absolute atomic E-state index is 0.162. The lowest BCUT2D eigenvalue weighted by Gasteiger charge is -2.40. The number of carbonyl (C=O) groups is 1. The Bertz CT molecular complexity index is 495. The Balaban J connectivity index is 1.62. The highest BCUT2D eigenvalue weighted by Crippen LogP contribution is 2.41. The van der Waals surface area contributed by atoms with E-state index in [1.807, 2.05) is 12.1 Å². The van der Waals surface area contributed by atoms with E-state index in [2.05, 4.69) is 4.90 Å². The monoisotopic (exact) mass is 278 g/mol. The van der Waals surface area contributed by atoms with Crippen LogP contribution in [-0.4, -0.2) is 42.3 Å². The molecule has 0 unspecified atom stereocenters. The van der Waals surface area contributed by atoms with Crippen LogP contribution in [0, 0.1) is 11.2 Å². The van der Waals surface area contributed by atoms with E-state index >= 15 is 0 Å². The molecule has 2 aliphatic rings. The quantitative estimate of drug-likeness (QED) is 0.859. The number of carboxylic acid groups (broad SMARTS) is 1. The van der Waals surface area contributed by atoms with Gasteiger partial charge in [0.25, 0.3) is 0 Å². The molecule has 0 aromatic heterocycles. The summed E-state index contributed by atoms with van der Waals surface area (Å²) in [6.07, 6.45) is 2.18. The summed E-state index contributed by atoms with van der Waals surface area (Å²) >= 11 is 0. The van der Waals surface area contributed by atoms with Crippen LogP contribution in [0.2, 0.25) is 0 Å². The number of anilines is 1. The Hall–Kier alpha value is -1.78. The van der Waals surface area contributed by atoms with E-state index in [0.29, 0.717) is 13.1 Å². The Morgan fingerprint density at radius 2 is 1.70 bits per heavy atom. The van der Waals surface area contributed by atoms with Gasteiger partial charge in [-0.15, -0.1) is 0 Å². The first-order valence-electron chi connectivity index (χ1n) is 7.06. The number of amides is 1. The average molecular weight is 278 g/mol. The van der Waals surface area contributed by atoms with Crippen molar-refractivity contribution in [1.29, 1.82) is 0 Å². The molecule has 2 saturated heterocycles. The number of halogens is 1. The van der Waals surface area contributed by atoms with E-state index in [9.17, 15) is 9.18 Å². The van der Waals surface area contributed by atoms with Crippen LogP contribution in [0.1, 0.15) is 19.3 Å². The Kier molecular flexibility index (Phi) is 3.28. The topological polar surface area (TPSA) is 43.8 Å². The smallest absolute Gasteiger partial charge is 0.407 e. The molecule has 0 saturated carbocycles. The first kappa shape index (κ1) is 13.2. The highest BCUT2D eigenvalue weighted by molar-refractivity contribution is 5.65. The second-order valence-electron chi connectivity index (χ2n) is 5.92. The third-order valence-corrected chi connectivity index (χ3v) is 4.72. The molecule has 0 atom stereocenters. The molecule has 2 heterocycles. The minimum atomic E-state index is -0.803. The van der Waals surface area contributed by atoms with E-state index in [1.54, 1.807) is 0 Å². The summed E-state index contributed by atoms with van der Waals surface area (Å²) in [6, 6.07) is 6.60. The fourth-order valence-corrected chi connectivity index (χ4v) is 3.40. The molecular formula is C15H19FN2O2. The largest absolute Gasteiger partial charge is 0.465 e. The summed E-state index contributed by atoms with van der Waals surface area (Å²) in [5.41, 5.74) is 1.21. The third-order valence-electron chi connectivity index (χ3n) is 4.72. The number of piperidine rings is 1. The normalized spacial score (nSPS) is 21.4. The molecule has 1 aromatic rings. The SMILES string of the molecule is O=C(O)N1CCC2(CCN(c3ccc(F)cc3)CC2)C1. The number of benzene rings is 1. The molecule has 1 N–H and O–H groups in total. The molecule has 20 heavy (non-hydrogen) atoms. The van der Waals surface area contributed by atoms with Crippen LogP contribution in [0.5, 0.6) is 0 Å². The molecule has 0 aliphatic carbocycles. The van der Waals surface area contributed by atoms with Crippen LogP contribution in [0.15, 0.2) is 24.3 Å². The standard InChI is InChI=1S/C15H19FN2O2/c16-12-1-3-13(4-2-12)17-8-5-15(6-9-17)7-10-18(11-15)14(19)20/h1-4H,5-11H2,(H,19,20). The molecule has 0 radical (unpaired) electrons. The maximum Gasteiger partial charge on any atom is 0.407 e. The molecule has 108 valence electrons. The molecule has 2 aliphatic heterocycles. The molecule has 5 heteroatoms. The van der Waals surface area contributed by atoms with Gasteiger partial charge >= 0.3 is 6.09 Å². The van der Waals surface area contributed by atoms with Gasteiger partial charge in [-0.25, -0.2) is 9.18 Å². The van der Waals surface area contributed by atoms with Crippen molar-refractivity contribution in [2.24, 2.45) is 5.41 Å². The van der Waals surface area contributed by atoms with Crippen LogP contribution in [0.25, 0.3) is 0 Å². The number of hydrogen-bond acceptors (Lipinski definition) is 2. The summed E-state index contributed by atoms with van der Waals surface area (Å²) in [7, 11) is 0. The summed E-state index contributed by atoms with van der Waals surface area (Å²) in [5, 5.41) is 9.06. The second-order valence-corrected chi connectivity index (χ2v) is 5.92. The molecule has 2 fully saturated rings. The molecule has 3 rings (SSSR count). The molecule has 1 spiro atoms. The first-order valence-corrected chi connectivity index (χ1v) is 7.06. The Labute approximate surface area is 117 Å². The van der Waals surface area contributed by atoms with Crippen LogP contribution in [0.4, 0.5) is 14.9 Å². The van der Waals surface area contributed by atoms with Crippen LogP contribution in [0.3, 0.4) is 0 Å². The van der Waals surface area contributed by atoms with Crippen LogP contribution < -0.4 is 4.90 Å². The highest BCUT2D eigenvalue weighted by Gasteiger charge is 2.42. The zero-order valence-electron chi connectivity index (χ0n) is 11.4. The van der Waals surface area contributed by atoms with Gasteiger partial charge in [0, 0.05) is 31.9 Å². The van der Waals surface area contributed by atoms with Gasteiger partial charge in [0.2, 0.25) is 0 Å². The summed E-state index contributed by atoms with van der Waals surface area (Å²) in [4.78, 5) is 14.8. The zero-order valence-corrected chi connectivity index (χ0v) is 11.4. The number of rotatable bonds is 1. The van der Waals surface area contributed by atoms with Gasteiger partial charge in [0.05, 0.1) is 0 Å². The van der Waals surface area contributed by atoms with Crippen molar-refractivity contribution in [1.82, 2.24) is 4.90 Å². The molecule has 1 amide bonds. The average Bonchev–Trinajstić information content (AvgIpc) is 2.85. The van der Waals surface area contributed by atoms with Gasteiger partial charge in [0.1, 0.15) is 5.82 Å². The van der Waals surface area contributed by atoms with Gasteiger partial charge in [0.15, 0.2) is 0 Å². The first-order chi connectivity index (χ1) is 9.58. The molecule has 1 aromatic carbocycles. The van der Waals surface area contributed by atoms with E-state index < -0.39 is 6.09 Å². The van der Waals surface area contributed by atoms with Crippen molar-refractivity contribution >= 4 is 11.8 Å². The lowest BCUT2D eigenvalue weighted by atomic mass is 9.77. The Morgan fingerprint density at radius 3 is 2.25 bits per heavy atom. The highest BCUT2D eigenvalue weighted by atomic mass is 19.1. The Morgan fingerprint density at radius 1 is 1.10 bits per heavy atom. The van der Waals surface area contributed by atoms with Gasteiger partial charge in [-0.05, 0) is 48.9 Å². The third kappa shape index (κ3) is 2.44. The number of hydrogen-bond donors (Lipinski definition) is 1. The van der Waals surface area contributed by atoms with Gasteiger partial charge < -0.3 is 14.9 Å². The minimum Gasteiger partial charge on any atom is -0.465 e. The van der Waals surface area contributed by atoms with Crippen molar-refractivity contribution in [2.45, 2.75) is 19.3 Å². The van der Waals surface area contributed by atoms with Gasteiger partial charge in [-0.1, -0.05) is 0 Å². The van der Waals surface area contributed by atoms with Gasteiger partial charge in [-0.2, -0.15) is 0 Å². The molecule has 4 nitrogen and oxygen atoms in total. The summed E-state index contributed by atoms with van der Waals surface area (Å²) < 4.78 is 12.9. The lowest BCUT2D eigenvalue weighted by molar-refractivity contribution is 0.144. The fraction of sp³-hybridized carbons (Fsp3) is 0.533. The lowest BCUT2D eigenvalue weighted by Crippen LogP contribution is -2.42. The van der Waals surface area contributed by atoms with E-state index in [1.165, 1.54) is 17.0 Å². The maximum atomic E-state index is 12.9. The van der Waals surface area contributed by atoms with E-state index in [4.69, 9.17) is 5.11 Å². The summed E-state index contributed by atoms with van der Waals surface area (Å²) in [5.74, 6) is -0.213. The number of likely N-dealkylation sites (tertiary alicyclic amines) is 1. The number of nitrogens with zero attached hydrogens (tertiary/aromatic N) is 2. The van der Waals surface area contributed by atoms with Crippen LogP contribution in [-0.2, 0) is 0 Å². The van der Waals surface area contributed by atoms with Crippen molar-refractivity contribution in [3.05, 3.63) is 30.1 Å². The van der Waals surface area contributed by atoms with Crippen molar-refractivity contribution in [3.8, 4) is 0 Å². The fourth-order valence-electron chi connectivity index (χ4n) is 3.40. The zero-order chi connectivity index (χ0) is 14.2. The predicted octanol–water partition coefficient (Wildman–Crippen LogP) is 2.80. The van der Waals surface area contributed by atoms with Crippen molar-refractivity contribution < 1.29 is 14.3 Å². The van der Waals surface area contributed by atoms with Gasteiger partial charge in [-0.3, -0.25) is 0 Å². The predicted molar refractivity (Wildman–Crippen MR) is 74.5 cm³/mol. The van der Waals surface area contributed by atoms with Crippen LogP contribution >= 0.6 is 0 Å². The molecular weight excluding hydrogens is 259 g/mol. The second kappa shape index (κ2) is 4.96. The van der Waals surface area contributed by atoms with Crippen molar-refractivity contribution in [3.63, 3.8) is 0 Å². The van der Waals surface area contributed by atoms with E-state index in [0.717, 1.165) is 38.0 Å². The summed E-state index contributed by atoms with van der Waals surface area (Å²) in [6.45, 7) is 3.16. The van der Waals surface area contributed by atoms with Crippen molar-refractivity contribution in [2.75, 3.05) is 31.1 Å². The molecule has 0 bridgehead atoms. The van der Waals surface area contributed by atoms with E-state index in [-0.39, 0.29) is 11.2 Å². The maximum absolute atomic E-state index is 12.9.